The third kappa shape index (κ3) is 4.74. The SMILES string of the molecule is CC(=O)Nc1ccc(NS(=O)(=O)c2cccc(C(F)(F)F)c2)c(-c2ncco2)c1. The molecule has 1 amide bonds. The molecule has 0 radical (unpaired) electrons. The maximum Gasteiger partial charge on any atom is 0.416 e. The van der Waals surface area contributed by atoms with Gasteiger partial charge in [-0.25, -0.2) is 13.4 Å². The molecule has 0 spiro atoms. The number of sulfonamides is 1. The second-order valence-corrected chi connectivity index (χ2v) is 7.59. The number of oxazole rings is 1. The van der Waals surface area contributed by atoms with Gasteiger partial charge < -0.3 is 9.73 Å². The second kappa shape index (κ2) is 7.59. The summed E-state index contributed by atoms with van der Waals surface area (Å²) >= 11 is 0. The van der Waals surface area contributed by atoms with Gasteiger partial charge in [0.25, 0.3) is 10.0 Å². The molecule has 2 aromatic carbocycles. The quantitative estimate of drug-likeness (QED) is 0.640. The van der Waals surface area contributed by atoms with Crippen molar-refractivity contribution in [2.45, 2.75) is 18.0 Å². The van der Waals surface area contributed by atoms with E-state index in [1.165, 1.54) is 37.6 Å². The van der Waals surface area contributed by atoms with Gasteiger partial charge in [0, 0.05) is 12.6 Å². The Bertz CT molecular complexity index is 1140. The van der Waals surface area contributed by atoms with Crippen LogP contribution in [0.1, 0.15) is 12.5 Å². The van der Waals surface area contributed by atoms with Crippen LogP contribution in [0, 0.1) is 0 Å². The van der Waals surface area contributed by atoms with E-state index in [-0.39, 0.29) is 23.0 Å². The number of benzene rings is 2. The fourth-order valence-electron chi connectivity index (χ4n) is 2.49. The van der Waals surface area contributed by atoms with E-state index in [4.69, 9.17) is 4.42 Å². The smallest absolute Gasteiger partial charge is 0.416 e. The molecule has 0 saturated heterocycles. The average molecular weight is 425 g/mol. The number of nitrogens with zero attached hydrogens (tertiary/aromatic N) is 1. The molecular weight excluding hydrogens is 411 g/mol. The Kier molecular flexibility index (Phi) is 5.33. The van der Waals surface area contributed by atoms with Crippen LogP contribution in [-0.4, -0.2) is 19.3 Å². The summed E-state index contributed by atoms with van der Waals surface area (Å²) in [6.07, 6.45) is -2.08. The van der Waals surface area contributed by atoms with E-state index >= 15 is 0 Å². The number of hydrogen-bond acceptors (Lipinski definition) is 5. The second-order valence-electron chi connectivity index (χ2n) is 5.91. The minimum absolute atomic E-state index is 0.0129. The van der Waals surface area contributed by atoms with Gasteiger partial charge in [-0.1, -0.05) is 6.07 Å². The molecule has 29 heavy (non-hydrogen) atoms. The highest BCUT2D eigenvalue weighted by molar-refractivity contribution is 7.92. The summed E-state index contributed by atoms with van der Waals surface area (Å²) in [6, 6.07) is 7.57. The number of rotatable bonds is 5. The van der Waals surface area contributed by atoms with Gasteiger partial charge in [0.1, 0.15) is 6.26 Å². The lowest BCUT2D eigenvalue weighted by Gasteiger charge is -2.14. The summed E-state index contributed by atoms with van der Waals surface area (Å²) in [5, 5.41) is 2.54. The maximum absolute atomic E-state index is 12.9. The van der Waals surface area contributed by atoms with Crippen LogP contribution in [0.15, 0.2) is 64.2 Å². The van der Waals surface area contributed by atoms with Crippen molar-refractivity contribution < 1.29 is 30.8 Å². The monoisotopic (exact) mass is 425 g/mol. The topological polar surface area (TPSA) is 101 Å². The van der Waals surface area contributed by atoms with E-state index in [9.17, 15) is 26.4 Å². The lowest BCUT2D eigenvalue weighted by Crippen LogP contribution is -2.15. The highest BCUT2D eigenvalue weighted by Crippen LogP contribution is 2.33. The molecule has 11 heteroatoms. The highest BCUT2D eigenvalue weighted by Gasteiger charge is 2.31. The molecule has 152 valence electrons. The van der Waals surface area contributed by atoms with Crippen molar-refractivity contribution in [1.82, 2.24) is 4.98 Å². The van der Waals surface area contributed by atoms with Crippen molar-refractivity contribution >= 4 is 27.3 Å². The minimum atomic E-state index is -4.69. The van der Waals surface area contributed by atoms with E-state index in [0.717, 1.165) is 18.2 Å². The van der Waals surface area contributed by atoms with Gasteiger partial charge in [-0.05, 0) is 36.4 Å². The number of halogens is 3. The third-order valence-corrected chi connectivity index (χ3v) is 5.08. The Hall–Kier alpha value is -3.34. The minimum Gasteiger partial charge on any atom is -0.444 e. The number of hydrogen-bond donors (Lipinski definition) is 2. The molecule has 0 fully saturated rings. The van der Waals surface area contributed by atoms with E-state index in [2.05, 4.69) is 15.0 Å². The Labute approximate surface area is 163 Å². The lowest BCUT2D eigenvalue weighted by atomic mass is 10.1. The number of carbonyl (C=O) groups is 1. The molecule has 3 rings (SSSR count). The first kappa shape index (κ1) is 20.4. The fraction of sp³-hybridized carbons (Fsp3) is 0.111. The molecule has 0 saturated carbocycles. The zero-order chi connectivity index (χ0) is 21.2. The fourth-order valence-corrected chi connectivity index (χ4v) is 3.62. The molecule has 0 aliphatic rings. The highest BCUT2D eigenvalue weighted by atomic mass is 32.2. The molecule has 1 heterocycles. The van der Waals surface area contributed by atoms with Crippen LogP contribution in [0.4, 0.5) is 24.5 Å². The summed E-state index contributed by atoms with van der Waals surface area (Å²) in [6.45, 7) is 1.30. The number of alkyl halides is 3. The number of carbonyl (C=O) groups excluding carboxylic acids is 1. The summed E-state index contributed by atoms with van der Waals surface area (Å²) in [5.74, 6) is -0.292. The first-order chi connectivity index (χ1) is 13.6. The molecule has 0 aliphatic heterocycles. The van der Waals surface area contributed by atoms with Gasteiger partial charge in [-0.3, -0.25) is 9.52 Å². The Balaban J connectivity index is 2.02. The standard InChI is InChI=1S/C18H14F3N3O4S/c1-11(25)23-13-5-6-16(15(10-13)17-22-7-8-28-17)24-29(26,27)14-4-2-3-12(9-14)18(19,20)21/h2-10,24H,1H3,(H,23,25). The van der Waals surface area contributed by atoms with Gasteiger partial charge >= 0.3 is 6.18 Å². The molecule has 0 bridgehead atoms. The van der Waals surface area contributed by atoms with Gasteiger partial charge in [0.15, 0.2) is 0 Å². The van der Waals surface area contributed by atoms with Gasteiger partial charge in [0.2, 0.25) is 11.8 Å². The molecule has 2 N–H and O–H groups in total. The van der Waals surface area contributed by atoms with Crippen LogP contribution in [0.5, 0.6) is 0 Å². The Morgan fingerprint density at radius 1 is 1.14 bits per heavy atom. The van der Waals surface area contributed by atoms with E-state index in [1.807, 2.05) is 0 Å². The van der Waals surface area contributed by atoms with Crippen molar-refractivity contribution in [3.05, 3.63) is 60.5 Å². The first-order valence-electron chi connectivity index (χ1n) is 8.08. The number of anilines is 2. The van der Waals surface area contributed by atoms with E-state index < -0.39 is 26.7 Å². The molecule has 1 aromatic heterocycles. The summed E-state index contributed by atoms with van der Waals surface area (Å²) in [7, 11) is -4.35. The average Bonchev–Trinajstić information content (AvgIpc) is 3.16. The van der Waals surface area contributed by atoms with Crippen molar-refractivity contribution in [2.75, 3.05) is 10.0 Å². The largest absolute Gasteiger partial charge is 0.444 e. The zero-order valence-electron chi connectivity index (χ0n) is 14.8. The molecule has 0 atom stereocenters. The van der Waals surface area contributed by atoms with Crippen LogP contribution in [0.25, 0.3) is 11.5 Å². The van der Waals surface area contributed by atoms with Crippen molar-refractivity contribution in [3.63, 3.8) is 0 Å². The van der Waals surface area contributed by atoms with Crippen molar-refractivity contribution in [1.29, 1.82) is 0 Å². The number of amides is 1. The molecule has 0 unspecified atom stereocenters. The number of nitrogens with one attached hydrogen (secondary N) is 2. The normalized spacial score (nSPS) is 11.9. The summed E-state index contributed by atoms with van der Waals surface area (Å²) in [4.78, 5) is 14.7. The zero-order valence-corrected chi connectivity index (χ0v) is 15.6. The van der Waals surface area contributed by atoms with E-state index in [0.29, 0.717) is 11.8 Å². The van der Waals surface area contributed by atoms with Crippen LogP contribution in [-0.2, 0) is 21.0 Å². The van der Waals surface area contributed by atoms with Crippen molar-refractivity contribution in [2.24, 2.45) is 0 Å². The maximum atomic E-state index is 12.9. The molecular formula is C18H14F3N3O4S. The molecule has 0 aliphatic carbocycles. The predicted octanol–water partition coefficient (Wildman–Crippen LogP) is 4.12. The molecule has 3 aromatic rings. The third-order valence-electron chi connectivity index (χ3n) is 3.72. The lowest BCUT2D eigenvalue weighted by molar-refractivity contribution is -0.137. The summed E-state index contributed by atoms with van der Waals surface area (Å²) < 4.78 is 71.5. The summed E-state index contributed by atoms with van der Waals surface area (Å²) in [5.41, 5.74) is -0.530. The van der Waals surface area contributed by atoms with Crippen LogP contribution in [0.2, 0.25) is 0 Å². The van der Waals surface area contributed by atoms with Gasteiger partial charge in [0.05, 0.1) is 27.9 Å². The van der Waals surface area contributed by atoms with Crippen LogP contribution >= 0.6 is 0 Å². The Morgan fingerprint density at radius 2 is 1.90 bits per heavy atom. The van der Waals surface area contributed by atoms with E-state index in [1.54, 1.807) is 0 Å². The van der Waals surface area contributed by atoms with Gasteiger partial charge in [-0.2, -0.15) is 13.2 Å². The van der Waals surface area contributed by atoms with Crippen molar-refractivity contribution in [3.8, 4) is 11.5 Å². The number of aromatic nitrogens is 1. The molecule has 7 nitrogen and oxygen atoms in total. The van der Waals surface area contributed by atoms with Crippen LogP contribution in [0.3, 0.4) is 0 Å². The van der Waals surface area contributed by atoms with Crippen LogP contribution < -0.4 is 10.0 Å². The first-order valence-corrected chi connectivity index (χ1v) is 9.56. The predicted molar refractivity (Wildman–Crippen MR) is 98.5 cm³/mol. The van der Waals surface area contributed by atoms with Gasteiger partial charge in [-0.15, -0.1) is 0 Å². The Morgan fingerprint density at radius 3 is 2.52 bits per heavy atom.